The summed E-state index contributed by atoms with van der Waals surface area (Å²) in [5.41, 5.74) is 9.43. The van der Waals surface area contributed by atoms with Gasteiger partial charge in [0.2, 0.25) is 16.1 Å². The molecule has 0 aromatic rings. The number of nitrogens with one attached hydrogen (secondary N) is 1. The van der Waals surface area contributed by atoms with E-state index in [-0.39, 0.29) is 18.9 Å². The zero-order chi connectivity index (χ0) is 21.0. The third-order valence-corrected chi connectivity index (χ3v) is 2.90. The van der Waals surface area contributed by atoms with E-state index in [1.54, 1.807) is 6.92 Å². The minimum atomic E-state index is -1.66. The number of primary amides is 1. The molecule has 0 saturated carbocycles. The van der Waals surface area contributed by atoms with Gasteiger partial charge in [-0.1, -0.05) is 34.8 Å². The van der Waals surface area contributed by atoms with Gasteiger partial charge in [-0.3, -0.25) is 14.4 Å². The summed E-state index contributed by atoms with van der Waals surface area (Å²) in [5, 5.41) is 2.72. The number of esters is 1. The fourth-order valence-electron chi connectivity index (χ4n) is 1.64. The van der Waals surface area contributed by atoms with Gasteiger partial charge in [0.1, 0.15) is 18.8 Å². The first-order valence-electron chi connectivity index (χ1n) is 7.83. The summed E-state index contributed by atoms with van der Waals surface area (Å²) in [7, 11) is 0. The van der Waals surface area contributed by atoms with Crippen LogP contribution in [-0.4, -0.2) is 53.0 Å². The van der Waals surface area contributed by atoms with Crippen LogP contribution in [0.15, 0.2) is 0 Å². The van der Waals surface area contributed by atoms with Crippen LogP contribution >= 0.6 is 34.8 Å². The van der Waals surface area contributed by atoms with Crippen LogP contribution in [0, 0.1) is 0 Å². The molecule has 0 aliphatic rings. The van der Waals surface area contributed by atoms with Gasteiger partial charge >= 0.3 is 5.97 Å². The molecule has 2 atom stereocenters. The maximum atomic E-state index is 11.8. The zero-order valence-corrected chi connectivity index (χ0v) is 17.7. The predicted molar refractivity (Wildman–Crippen MR) is 102 cm³/mol. The third kappa shape index (κ3) is 18.0. The van der Waals surface area contributed by atoms with Gasteiger partial charge in [0.25, 0.3) is 0 Å². The first kappa shape index (κ1) is 27.4. The SMILES string of the molecule is CC(OC(C)(C)C)C(=O)NCCCC(N)C(=O)OCC(Cl)(Cl)Cl.NC=O. The van der Waals surface area contributed by atoms with Crippen molar-refractivity contribution in [2.45, 2.75) is 62.1 Å². The molecule has 2 amide bonds. The molecule has 0 aliphatic carbocycles. The van der Waals surface area contributed by atoms with Crippen LogP contribution in [0.1, 0.15) is 40.5 Å². The largest absolute Gasteiger partial charge is 0.460 e. The minimum Gasteiger partial charge on any atom is -0.460 e. The van der Waals surface area contributed by atoms with Gasteiger partial charge in [-0.15, -0.1) is 0 Å². The molecule has 0 aliphatic heterocycles. The normalized spacial score (nSPS) is 13.7. The average molecular weight is 437 g/mol. The fraction of sp³-hybridized carbons (Fsp3) is 0.800. The van der Waals surface area contributed by atoms with Crippen molar-refractivity contribution >= 4 is 53.1 Å². The average Bonchev–Trinajstić information content (AvgIpc) is 2.46. The Balaban J connectivity index is 0. The number of nitrogens with two attached hydrogens (primary N) is 2. The summed E-state index contributed by atoms with van der Waals surface area (Å²) < 4.78 is 8.64. The van der Waals surface area contributed by atoms with Crippen molar-refractivity contribution < 1.29 is 23.9 Å². The van der Waals surface area contributed by atoms with Gasteiger partial charge in [-0.25, -0.2) is 0 Å². The second-order valence-electron chi connectivity index (χ2n) is 6.27. The lowest BCUT2D eigenvalue weighted by Crippen LogP contribution is -2.40. The van der Waals surface area contributed by atoms with E-state index < -0.39 is 27.5 Å². The molecule has 0 aromatic carbocycles. The monoisotopic (exact) mass is 435 g/mol. The summed E-state index contributed by atoms with van der Waals surface area (Å²) in [5.74, 6) is -0.862. The molecule has 5 N–H and O–H groups in total. The van der Waals surface area contributed by atoms with Crippen LogP contribution in [0.2, 0.25) is 0 Å². The lowest BCUT2D eigenvalue weighted by atomic mass is 10.1. The van der Waals surface area contributed by atoms with E-state index in [2.05, 4.69) is 11.1 Å². The Hall–Kier alpha value is -0.800. The Bertz CT molecular complexity index is 439. The predicted octanol–water partition coefficient (Wildman–Crippen LogP) is 1.43. The zero-order valence-electron chi connectivity index (χ0n) is 15.4. The van der Waals surface area contributed by atoms with Crippen LogP contribution in [0.3, 0.4) is 0 Å². The Morgan fingerprint density at radius 1 is 1.23 bits per heavy atom. The number of hydrogen-bond acceptors (Lipinski definition) is 6. The fourth-order valence-corrected chi connectivity index (χ4v) is 1.80. The highest BCUT2D eigenvalue weighted by molar-refractivity contribution is 6.67. The molecule has 0 aromatic heterocycles. The molecule has 2 unspecified atom stereocenters. The summed E-state index contributed by atoms with van der Waals surface area (Å²) >= 11 is 16.4. The first-order chi connectivity index (χ1) is 11.7. The second kappa shape index (κ2) is 13.4. The number of amides is 2. The molecule has 8 nitrogen and oxygen atoms in total. The number of hydrogen-bond donors (Lipinski definition) is 3. The molecule has 0 fully saturated rings. The van der Waals surface area contributed by atoms with Gasteiger partial charge < -0.3 is 26.3 Å². The van der Waals surface area contributed by atoms with Crippen LogP contribution in [-0.2, 0) is 23.9 Å². The van der Waals surface area contributed by atoms with Gasteiger partial charge in [0, 0.05) is 6.54 Å². The van der Waals surface area contributed by atoms with E-state index in [0.717, 1.165) is 0 Å². The molecule has 0 radical (unpaired) electrons. The van der Waals surface area contributed by atoms with Gasteiger partial charge in [0.15, 0.2) is 0 Å². The summed E-state index contributed by atoms with van der Waals surface area (Å²) in [6.45, 7) is 7.32. The van der Waals surface area contributed by atoms with Crippen molar-refractivity contribution in [3.63, 3.8) is 0 Å². The highest BCUT2D eigenvalue weighted by atomic mass is 35.6. The molecular weight excluding hydrogens is 409 g/mol. The van der Waals surface area contributed by atoms with Crippen molar-refractivity contribution in [2.24, 2.45) is 11.5 Å². The standard InChI is InChI=1S/C14H25Cl3N2O4.CH3NO/c1-9(23-13(2,3)4)11(20)19-7-5-6-10(18)12(21)22-8-14(15,16)17;2-1-3/h9-10H,5-8,18H2,1-4H3,(H,19,20);1H,(H2,2,3). The highest BCUT2D eigenvalue weighted by Gasteiger charge is 2.24. The van der Waals surface area contributed by atoms with Crippen molar-refractivity contribution in [2.75, 3.05) is 13.2 Å². The maximum absolute atomic E-state index is 11.8. The molecule has 0 spiro atoms. The highest BCUT2D eigenvalue weighted by Crippen LogP contribution is 2.26. The van der Waals surface area contributed by atoms with Crippen molar-refractivity contribution in [3.8, 4) is 0 Å². The number of ether oxygens (including phenoxy) is 2. The van der Waals surface area contributed by atoms with Crippen molar-refractivity contribution in [1.29, 1.82) is 0 Å². The van der Waals surface area contributed by atoms with Gasteiger partial charge in [-0.05, 0) is 40.5 Å². The molecule has 0 saturated heterocycles. The maximum Gasteiger partial charge on any atom is 0.323 e. The second-order valence-corrected chi connectivity index (χ2v) is 8.79. The Labute approximate surface area is 169 Å². The quantitative estimate of drug-likeness (QED) is 0.228. The smallest absolute Gasteiger partial charge is 0.323 e. The molecular formula is C15H28Cl3N3O5. The first-order valence-corrected chi connectivity index (χ1v) is 8.96. The summed E-state index contributed by atoms with van der Waals surface area (Å²) in [6, 6.07) is -0.831. The molecule has 11 heteroatoms. The molecule has 154 valence electrons. The number of halogens is 3. The van der Waals surface area contributed by atoms with Crippen LogP contribution in [0.5, 0.6) is 0 Å². The number of alkyl halides is 3. The topological polar surface area (TPSA) is 134 Å². The lowest BCUT2D eigenvalue weighted by Gasteiger charge is -2.24. The molecule has 0 rings (SSSR count). The van der Waals surface area contributed by atoms with E-state index >= 15 is 0 Å². The number of rotatable bonds is 8. The van der Waals surface area contributed by atoms with Gasteiger partial charge in [0.05, 0.1) is 5.60 Å². The molecule has 0 bridgehead atoms. The van der Waals surface area contributed by atoms with E-state index in [9.17, 15) is 9.59 Å². The van der Waals surface area contributed by atoms with Crippen molar-refractivity contribution in [3.05, 3.63) is 0 Å². The van der Waals surface area contributed by atoms with Crippen LogP contribution in [0.25, 0.3) is 0 Å². The van der Waals surface area contributed by atoms with E-state index in [4.69, 9.17) is 54.8 Å². The van der Waals surface area contributed by atoms with E-state index in [1.165, 1.54) is 0 Å². The number of carbonyl (C=O) groups excluding carboxylic acids is 3. The van der Waals surface area contributed by atoms with Crippen LogP contribution < -0.4 is 16.8 Å². The lowest BCUT2D eigenvalue weighted by molar-refractivity contribution is -0.145. The van der Waals surface area contributed by atoms with Crippen LogP contribution in [0.4, 0.5) is 0 Å². The Kier molecular flexibility index (Phi) is 14.1. The third-order valence-electron chi connectivity index (χ3n) is 2.57. The summed E-state index contributed by atoms with van der Waals surface area (Å²) in [4.78, 5) is 31.9. The summed E-state index contributed by atoms with van der Waals surface area (Å²) in [6.07, 6.45) is 0.545. The number of carbonyl (C=O) groups is 3. The molecule has 0 heterocycles. The minimum absolute atomic E-state index is 0.215. The molecule has 26 heavy (non-hydrogen) atoms. The van der Waals surface area contributed by atoms with Crippen molar-refractivity contribution in [1.82, 2.24) is 5.32 Å². The Morgan fingerprint density at radius 3 is 2.15 bits per heavy atom. The Morgan fingerprint density at radius 2 is 1.73 bits per heavy atom. The van der Waals surface area contributed by atoms with E-state index in [0.29, 0.717) is 19.4 Å². The van der Waals surface area contributed by atoms with Gasteiger partial charge in [-0.2, -0.15) is 0 Å². The van der Waals surface area contributed by atoms with E-state index in [1.807, 2.05) is 20.8 Å².